The summed E-state index contributed by atoms with van der Waals surface area (Å²) in [6.45, 7) is 0. The Kier molecular flexibility index (Phi) is 2.59. The molecule has 1 atom stereocenters. The van der Waals surface area contributed by atoms with Gasteiger partial charge in [0.1, 0.15) is 10.9 Å². The molecule has 3 rings (SSSR count). The molecule has 1 N–H and O–H groups in total. The Labute approximate surface area is 105 Å². The van der Waals surface area contributed by atoms with Crippen molar-refractivity contribution >= 4 is 40.0 Å². The molecule has 84 valence electrons. The highest BCUT2D eigenvalue weighted by atomic mass is 32.2. The summed E-state index contributed by atoms with van der Waals surface area (Å²) >= 11 is 6.99. The Balaban J connectivity index is 2.11. The quantitative estimate of drug-likeness (QED) is 0.671. The van der Waals surface area contributed by atoms with Crippen molar-refractivity contribution in [3.8, 4) is 0 Å². The smallest absolute Gasteiger partial charge is 0.199 e. The minimum absolute atomic E-state index is 0.547. The summed E-state index contributed by atoms with van der Waals surface area (Å²) in [6.07, 6.45) is 5.09. The number of nitrogens with zero attached hydrogens (tertiary/aromatic N) is 2. The van der Waals surface area contributed by atoms with Crippen LogP contribution in [0.5, 0.6) is 0 Å². The van der Waals surface area contributed by atoms with Crippen molar-refractivity contribution in [3.05, 3.63) is 11.1 Å². The van der Waals surface area contributed by atoms with Gasteiger partial charge >= 0.3 is 0 Å². The zero-order chi connectivity index (χ0) is 11.1. The van der Waals surface area contributed by atoms with Crippen LogP contribution in [0.3, 0.4) is 0 Å². The number of thiocarbonyl (C=S) groups is 1. The van der Waals surface area contributed by atoms with Crippen LogP contribution in [0.4, 0.5) is 0 Å². The highest BCUT2D eigenvalue weighted by molar-refractivity contribution is 8.15. The normalized spacial score (nSPS) is 31.1. The van der Waals surface area contributed by atoms with Crippen LogP contribution in [0.2, 0.25) is 0 Å². The van der Waals surface area contributed by atoms with Gasteiger partial charge in [0.15, 0.2) is 5.11 Å². The van der Waals surface area contributed by atoms with Gasteiger partial charge in [-0.15, -0.1) is 0 Å². The Morgan fingerprint density at radius 2 is 2.38 bits per heavy atom. The topological polar surface area (TPSA) is 36.8 Å². The first kappa shape index (κ1) is 10.5. The molecule has 0 amide bonds. The zero-order valence-corrected chi connectivity index (χ0v) is 10.7. The highest BCUT2D eigenvalue weighted by Crippen LogP contribution is 2.44. The van der Waals surface area contributed by atoms with E-state index in [1.165, 1.54) is 36.8 Å². The molecule has 2 heterocycles. The second-order valence-corrected chi connectivity index (χ2v) is 5.75. The second-order valence-electron chi connectivity index (χ2n) is 4.17. The molecule has 1 unspecified atom stereocenters. The Bertz CT molecular complexity index is 448. The molecule has 3 aliphatic rings. The molecule has 0 aromatic heterocycles. The van der Waals surface area contributed by atoms with Gasteiger partial charge < -0.3 is 5.32 Å². The fourth-order valence-electron chi connectivity index (χ4n) is 2.51. The van der Waals surface area contributed by atoms with Crippen molar-refractivity contribution in [1.82, 2.24) is 5.32 Å². The molecule has 0 aromatic carbocycles. The van der Waals surface area contributed by atoms with E-state index in [9.17, 15) is 0 Å². The number of hydrogen-bond acceptors (Lipinski definition) is 3. The van der Waals surface area contributed by atoms with Gasteiger partial charge in [-0.3, -0.25) is 4.99 Å². The van der Waals surface area contributed by atoms with E-state index in [0.717, 1.165) is 10.9 Å². The lowest BCUT2D eigenvalue weighted by molar-refractivity contribution is 0.611. The van der Waals surface area contributed by atoms with Gasteiger partial charge in [-0.1, -0.05) is 18.2 Å². The van der Waals surface area contributed by atoms with E-state index in [0.29, 0.717) is 10.4 Å². The highest BCUT2D eigenvalue weighted by Gasteiger charge is 2.37. The molecule has 1 saturated carbocycles. The van der Waals surface area contributed by atoms with E-state index in [2.05, 4.69) is 15.3 Å². The number of nitrogens with one attached hydrogen (secondary N) is 1. The van der Waals surface area contributed by atoms with E-state index in [1.54, 1.807) is 0 Å². The number of thioether (sulfide) groups is 1. The fourth-order valence-corrected chi connectivity index (χ4v) is 4.18. The predicted molar refractivity (Wildman–Crippen MR) is 73.4 cm³/mol. The lowest BCUT2D eigenvalue weighted by Gasteiger charge is -2.20. The molecule has 0 spiro atoms. The third-order valence-corrected chi connectivity index (χ3v) is 4.75. The summed E-state index contributed by atoms with van der Waals surface area (Å²) in [5.41, 5.74) is 2.77. The van der Waals surface area contributed by atoms with E-state index in [4.69, 9.17) is 12.2 Å². The number of rotatable bonds is 0. The standard InChI is InChI=1S/C11H13N3S2/c1-12-9-8-6-4-2-3-5-7(6)16-10(8)14-11(15)13-9/h7H,2-5H2,1H3,(H,12,13,15). The third kappa shape index (κ3) is 1.53. The minimum atomic E-state index is 0.547. The molecule has 1 aliphatic carbocycles. The molecule has 1 fully saturated rings. The van der Waals surface area contributed by atoms with Gasteiger partial charge in [-0.2, -0.15) is 0 Å². The summed E-state index contributed by atoms with van der Waals surface area (Å²) in [7, 11) is 1.81. The van der Waals surface area contributed by atoms with Crippen molar-refractivity contribution in [2.75, 3.05) is 7.05 Å². The molecular formula is C11H13N3S2. The first-order valence-corrected chi connectivity index (χ1v) is 6.85. The van der Waals surface area contributed by atoms with Gasteiger partial charge in [0.2, 0.25) is 0 Å². The molecule has 0 saturated heterocycles. The maximum Gasteiger partial charge on any atom is 0.199 e. The average molecular weight is 251 g/mol. The van der Waals surface area contributed by atoms with Crippen LogP contribution in [0.15, 0.2) is 21.1 Å². The van der Waals surface area contributed by atoms with E-state index in [-0.39, 0.29) is 0 Å². The molecule has 0 radical (unpaired) electrons. The molecule has 16 heavy (non-hydrogen) atoms. The van der Waals surface area contributed by atoms with Gasteiger partial charge in [-0.25, -0.2) is 4.99 Å². The summed E-state index contributed by atoms with van der Waals surface area (Å²) in [4.78, 5) is 8.73. The zero-order valence-electron chi connectivity index (χ0n) is 9.12. The van der Waals surface area contributed by atoms with Gasteiger partial charge in [0, 0.05) is 17.9 Å². The van der Waals surface area contributed by atoms with Crippen molar-refractivity contribution in [2.45, 2.75) is 30.9 Å². The van der Waals surface area contributed by atoms with Crippen LogP contribution in [0.1, 0.15) is 25.7 Å². The van der Waals surface area contributed by atoms with Gasteiger partial charge in [0.25, 0.3) is 0 Å². The second kappa shape index (κ2) is 3.96. The number of hydrogen-bond donors (Lipinski definition) is 1. The molecule has 2 aliphatic heterocycles. The molecule has 3 nitrogen and oxygen atoms in total. The van der Waals surface area contributed by atoms with E-state index in [1.807, 2.05) is 18.8 Å². The first-order valence-electron chi connectivity index (χ1n) is 5.56. The van der Waals surface area contributed by atoms with Gasteiger partial charge in [-0.05, 0) is 37.1 Å². The molecule has 0 aromatic rings. The summed E-state index contributed by atoms with van der Waals surface area (Å²) in [5, 5.41) is 5.36. The lowest BCUT2D eigenvalue weighted by Crippen LogP contribution is -2.36. The van der Waals surface area contributed by atoms with Crippen LogP contribution < -0.4 is 5.32 Å². The van der Waals surface area contributed by atoms with Crippen molar-refractivity contribution in [1.29, 1.82) is 0 Å². The predicted octanol–water partition coefficient (Wildman–Crippen LogP) is 2.29. The summed E-state index contributed by atoms with van der Waals surface area (Å²) < 4.78 is 0. The van der Waals surface area contributed by atoms with Crippen molar-refractivity contribution in [3.63, 3.8) is 0 Å². The summed E-state index contributed by atoms with van der Waals surface area (Å²) in [5.74, 6) is 0.918. The Hall–Kier alpha value is -0.680. The number of amidine groups is 1. The van der Waals surface area contributed by atoms with Crippen LogP contribution in [0, 0.1) is 0 Å². The van der Waals surface area contributed by atoms with Crippen LogP contribution in [-0.2, 0) is 0 Å². The van der Waals surface area contributed by atoms with Crippen LogP contribution in [-0.4, -0.2) is 28.3 Å². The third-order valence-electron chi connectivity index (χ3n) is 3.23. The number of fused-ring (bicyclic) bond motifs is 2. The van der Waals surface area contributed by atoms with Crippen molar-refractivity contribution < 1.29 is 0 Å². The van der Waals surface area contributed by atoms with Gasteiger partial charge in [0.05, 0.1) is 0 Å². The summed E-state index contributed by atoms with van der Waals surface area (Å²) in [6, 6.07) is 0. The number of aliphatic imine (C=N–C) groups is 2. The van der Waals surface area contributed by atoms with Crippen LogP contribution >= 0.6 is 24.0 Å². The van der Waals surface area contributed by atoms with E-state index >= 15 is 0 Å². The van der Waals surface area contributed by atoms with Crippen LogP contribution in [0.25, 0.3) is 0 Å². The Morgan fingerprint density at radius 3 is 3.19 bits per heavy atom. The Morgan fingerprint density at radius 1 is 1.50 bits per heavy atom. The van der Waals surface area contributed by atoms with E-state index < -0.39 is 0 Å². The lowest BCUT2D eigenvalue weighted by atomic mass is 9.90. The van der Waals surface area contributed by atoms with Crippen molar-refractivity contribution in [2.24, 2.45) is 9.98 Å². The maximum absolute atomic E-state index is 5.12. The first-order chi connectivity index (χ1) is 7.79. The molecule has 0 bridgehead atoms. The SMILES string of the molecule is CN=C1NC(=S)N=C2SC3CCCCC3=C12. The minimum Gasteiger partial charge on any atom is -0.315 e. The largest absolute Gasteiger partial charge is 0.315 e. The fraction of sp³-hybridized carbons (Fsp3) is 0.545. The monoisotopic (exact) mass is 251 g/mol. The molecular weight excluding hydrogens is 238 g/mol. The average Bonchev–Trinajstić information content (AvgIpc) is 2.65. The molecule has 5 heteroatoms. The maximum atomic E-state index is 5.12.